The van der Waals surface area contributed by atoms with E-state index in [1.165, 1.54) is 0 Å². The highest BCUT2D eigenvalue weighted by molar-refractivity contribution is 6.74. The van der Waals surface area contributed by atoms with Crippen molar-refractivity contribution < 1.29 is 13.9 Å². The average molecular weight is 301 g/mol. The maximum absolute atomic E-state index is 6.44. The van der Waals surface area contributed by atoms with Gasteiger partial charge in [0.25, 0.3) is 0 Å². The molecule has 1 aliphatic carbocycles. The zero-order valence-corrected chi connectivity index (χ0v) is 15.2. The van der Waals surface area contributed by atoms with Crippen molar-refractivity contribution in [3.63, 3.8) is 0 Å². The molecule has 1 saturated carbocycles. The quantitative estimate of drug-likeness (QED) is 0.726. The van der Waals surface area contributed by atoms with Crippen LogP contribution in [0.1, 0.15) is 53.4 Å². The lowest BCUT2D eigenvalue weighted by molar-refractivity contribution is -0.192. The molecule has 2 aliphatic rings. The number of hydrogen-bond donors (Lipinski definition) is 0. The second-order valence-electron chi connectivity index (χ2n) is 8.47. The van der Waals surface area contributed by atoms with E-state index in [1.807, 2.05) is 0 Å². The Kier molecular flexibility index (Phi) is 4.43. The molecule has 3 nitrogen and oxygen atoms in total. The molecule has 0 bridgehead atoms. The van der Waals surface area contributed by atoms with Gasteiger partial charge in [0.15, 0.2) is 14.1 Å². The maximum atomic E-state index is 6.44. The first-order valence-corrected chi connectivity index (χ1v) is 10.9. The largest absolute Gasteiger partial charge is 0.416 e. The van der Waals surface area contributed by atoms with Crippen LogP contribution in [-0.2, 0) is 13.9 Å². The van der Waals surface area contributed by atoms with Gasteiger partial charge in [-0.3, -0.25) is 0 Å². The molecule has 0 N–H and O–H groups in total. The zero-order valence-electron chi connectivity index (χ0n) is 14.2. The molecule has 2 fully saturated rings. The SMILES string of the molecule is CC1(CO[Si](C)(C)C(C)(C)C)CCC2(CC1)OCCO2. The molecular formula is C16H32O3Si. The molecule has 0 atom stereocenters. The molecule has 1 saturated heterocycles. The van der Waals surface area contributed by atoms with Gasteiger partial charge < -0.3 is 13.9 Å². The standard InChI is InChI=1S/C16H32O3Si/c1-14(2,3)20(5,6)19-13-15(4)7-9-16(10-8-15)17-11-12-18-16/h7-13H2,1-6H3. The fraction of sp³-hybridized carbons (Fsp3) is 1.00. The van der Waals surface area contributed by atoms with Crippen LogP contribution in [0.5, 0.6) is 0 Å². The Morgan fingerprint density at radius 3 is 1.95 bits per heavy atom. The van der Waals surface area contributed by atoms with Gasteiger partial charge in [0.2, 0.25) is 0 Å². The summed E-state index contributed by atoms with van der Waals surface area (Å²) in [6.45, 7) is 16.4. The molecule has 1 spiro atoms. The minimum Gasteiger partial charge on any atom is -0.416 e. The summed E-state index contributed by atoms with van der Waals surface area (Å²) >= 11 is 0. The summed E-state index contributed by atoms with van der Waals surface area (Å²) in [5, 5.41) is 0.289. The van der Waals surface area contributed by atoms with Gasteiger partial charge in [-0.2, -0.15) is 0 Å². The first-order chi connectivity index (χ1) is 9.08. The van der Waals surface area contributed by atoms with E-state index in [2.05, 4.69) is 40.8 Å². The molecule has 0 aromatic carbocycles. The van der Waals surface area contributed by atoms with Crippen LogP contribution in [-0.4, -0.2) is 33.9 Å². The van der Waals surface area contributed by atoms with E-state index >= 15 is 0 Å². The molecule has 2 rings (SSSR count). The van der Waals surface area contributed by atoms with Crippen molar-refractivity contribution in [2.75, 3.05) is 19.8 Å². The van der Waals surface area contributed by atoms with Crippen LogP contribution >= 0.6 is 0 Å². The van der Waals surface area contributed by atoms with Crippen LogP contribution in [0, 0.1) is 5.41 Å². The summed E-state index contributed by atoms with van der Waals surface area (Å²) in [5.74, 6) is -0.253. The third kappa shape index (κ3) is 3.46. The third-order valence-electron chi connectivity index (χ3n) is 5.62. The predicted octanol–water partition coefficient (Wildman–Crippen LogP) is 4.33. The van der Waals surface area contributed by atoms with Crippen molar-refractivity contribution in [2.45, 2.75) is 77.3 Å². The number of ether oxygens (including phenoxy) is 2. The van der Waals surface area contributed by atoms with Gasteiger partial charge >= 0.3 is 0 Å². The van der Waals surface area contributed by atoms with Gasteiger partial charge in [-0.25, -0.2) is 0 Å². The highest BCUT2D eigenvalue weighted by atomic mass is 28.4. The van der Waals surface area contributed by atoms with Gasteiger partial charge in [-0.1, -0.05) is 27.7 Å². The normalized spacial score (nSPS) is 26.1. The molecule has 0 aromatic heterocycles. The van der Waals surface area contributed by atoms with Crippen LogP contribution in [0.15, 0.2) is 0 Å². The molecule has 0 amide bonds. The van der Waals surface area contributed by atoms with Crippen molar-refractivity contribution >= 4 is 8.32 Å². The summed E-state index contributed by atoms with van der Waals surface area (Å²) in [6, 6.07) is 0. The van der Waals surface area contributed by atoms with Gasteiger partial charge in [-0.05, 0) is 36.4 Å². The Balaban J connectivity index is 1.88. The predicted molar refractivity (Wildman–Crippen MR) is 84.4 cm³/mol. The summed E-state index contributed by atoms with van der Waals surface area (Å²) in [6.07, 6.45) is 4.32. The van der Waals surface area contributed by atoms with Crippen LogP contribution in [0.25, 0.3) is 0 Å². The summed E-state index contributed by atoms with van der Waals surface area (Å²) in [7, 11) is -1.64. The minimum absolute atomic E-state index is 0.253. The van der Waals surface area contributed by atoms with Crippen molar-refractivity contribution in [3.05, 3.63) is 0 Å². The van der Waals surface area contributed by atoms with Crippen LogP contribution < -0.4 is 0 Å². The van der Waals surface area contributed by atoms with E-state index in [0.29, 0.717) is 0 Å². The van der Waals surface area contributed by atoms with Gasteiger partial charge in [0.1, 0.15) is 0 Å². The highest BCUT2D eigenvalue weighted by Gasteiger charge is 2.46. The molecule has 0 radical (unpaired) electrons. The first kappa shape index (κ1) is 16.5. The zero-order chi connectivity index (χ0) is 15.1. The Morgan fingerprint density at radius 1 is 1.00 bits per heavy atom. The van der Waals surface area contributed by atoms with Crippen molar-refractivity contribution in [3.8, 4) is 0 Å². The molecule has 118 valence electrons. The smallest absolute Gasteiger partial charge is 0.192 e. The van der Waals surface area contributed by atoms with E-state index in [4.69, 9.17) is 13.9 Å². The lowest BCUT2D eigenvalue weighted by Gasteiger charge is -2.44. The van der Waals surface area contributed by atoms with Gasteiger partial charge in [0, 0.05) is 19.4 Å². The summed E-state index contributed by atoms with van der Waals surface area (Å²) in [5.41, 5.74) is 0.288. The lowest BCUT2D eigenvalue weighted by atomic mass is 9.74. The molecule has 4 heteroatoms. The topological polar surface area (TPSA) is 27.7 Å². The fourth-order valence-corrected chi connectivity index (χ4v) is 3.88. The monoisotopic (exact) mass is 300 g/mol. The van der Waals surface area contributed by atoms with Crippen molar-refractivity contribution in [1.29, 1.82) is 0 Å². The molecule has 1 aliphatic heterocycles. The summed E-state index contributed by atoms with van der Waals surface area (Å²) in [4.78, 5) is 0. The molecule has 0 aromatic rings. The molecule has 20 heavy (non-hydrogen) atoms. The number of rotatable bonds is 3. The van der Waals surface area contributed by atoms with Crippen molar-refractivity contribution in [2.24, 2.45) is 5.41 Å². The van der Waals surface area contributed by atoms with Crippen LogP contribution in [0.3, 0.4) is 0 Å². The molecular weight excluding hydrogens is 268 g/mol. The fourth-order valence-electron chi connectivity index (χ4n) is 2.74. The Hall–Kier alpha value is 0.0969. The second-order valence-corrected chi connectivity index (χ2v) is 13.3. The molecule has 0 unspecified atom stereocenters. The first-order valence-electron chi connectivity index (χ1n) is 8.00. The van der Waals surface area contributed by atoms with Crippen molar-refractivity contribution in [1.82, 2.24) is 0 Å². The average Bonchev–Trinajstić information content (AvgIpc) is 2.79. The van der Waals surface area contributed by atoms with E-state index in [9.17, 15) is 0 Å². The molecule has 1 heterocycles. The van der Waals surface area contributed by atoms with Crippen LogP contribution in [0.2, 0.25) is 18.1 Å². The highest BCUT2D eigenvalue weighted by Crippen LogP contribution is 2.46. The number of hydrogen-bond acceptors (Lipinski definition) is 3. The van der Waals surface area contributed by atoms with Gasteiger partial charge in [-0.15, -0.1) is 0 Å². The van der Waals surface area contributed by atoms with E-state index < -0.39 is 8.32 Å². The van der Waals surface area contributed by atoms with Gasteiger partial charge in [0.05, 0.1) is 13.2 Å². The van der Waals surface area contributed by atoms with E-state index in [1.54, 1.807) is 0 Å². The lowest BCUT2D eigenvalue weighted by Crippen LogP contribution is -2.46. The summed E-state index contributed by atoms with van der Waals surface area (Å²) < 4.78 is 18.1. The Bertz CT molecular complexity index is 330. The van der Waals surface area contributed by atoms with E-state index in [-0.39, 0.29) is 16.2 Å². The third-order valence-corrected chi connectivity index (χ3v) is 10.1. The van der Waals surface area contributed by atoms with E-state index in [0.717, 1.165) is 45.5 Å². The second kappa shape index (κ2) is 5.38. The maximum Gasteiger partial charge on any atom is 0.192 e. The minimum atomic E-state index is -1.64. The Labute approximate surface area is 125 Å². The van der Waals surface area contributed by atoms with Crippen LogP contribution in [0.4, 0.5) is 0 Å². The Morgan fingerprint density at radius 2 is 1.50 bits per heavy atom.